The number of fused-ring (bicyclic) bond motifs is 3. The Morgan fingerprint density at radius 2 is 1.95 bits per heavy atom. The highest BCUT2D eigenvalue weighted by atomic mass is 16.5. The molecule has 7 nitrogen and oxygen atoms in total. The van der Waals surface area contributed by atoms with Crippen LogP contribution in [0.1, 0.15) is 0 Å². The fourth-order valence-corrected chi connectivity index (χ4v) is 2.11. The summed E-state index contributed by atoms with van der Waals surface area (Å²) < 4.78 is 12.0. The Morgan fingerprint density at radius 1 is 1.16 bits per heavy atom. The highest BCUT2D eigenvalue weighted by Crippen LogP contribution is 2.42. The number of nitrogens with zero attached hydrogens (tertiary/aromatic N) is 4. The molecular weight excluding hydrogens is 248 g/mol. The number of benzene rings is 1. The zero-order valence-electron chi connectivity index (χ0n) is 10.7. The smallest absolute Gasteiger partial charge is 0.205 e. The molecule has 7 heteroatoms. The van der Waals surface area contributed by atoms with Gasteiger partial charge in [0.25, 0.3) is 0 Å². The van der Waals surface area contributed by atoms with Gasteiger partial charge in [-0.1, -0.05) is 0 Å². The standard InChI is InChI=1S/C12H12N4O3/c1-16-12-7(5-13-16)6-4-8(18-2)11(19-3)10(17)9(6)14-15-12/h4-5,17H,1-3H3. The molecular formula is C12H12N4O3. The maximum atomic E-state index is 10.2. The van der Waals surface area contributed by atoms with E-state index in [4.69, 9.17) is 9.47 Å². The molecule has 0 atom stereocenters. The van der Waals surface area contributed by atoms with E-state index in [9.17, 15) is 5.11 Å². The normalized spacial score (nSPS) is 11.1. The Balaban J connectivity index is 2.50. The van der Waals surface area contributed by atoms with Crippen molar-refractivity contribution < 1.29 is 14.6 Å². The first-order valence-corrected chi connectivity index (χ1v) is 5.59. The van der Waals surface area contributed by atoms with E-state index in [-0.39, 0.29) is 11.5 Å². The van der Waals surface area contributed by atoms with Crippen LogP contribution in [0.2, 0.25) is 0 Å². The summed E-state index contributed by atoms with van der Waals surface area (Å²) in [4.78, 5) is 0. The van der Waals surface area contributed by atoms with Crippen molar-refractivity contribution in [1.29, 1.82) is 0 Å². The van der Waals surface area contributed by atoms with Crippen LogP contribution in [0.4, 0.5) is 0 Å². The summed E-state index contributed by atoms with van der Waals surface area (Å²) in [5.74, 6) is 0.591. The number of hydrogen-bond acceptors (Lipinski definition) is 6. The van der Waals surface area contributed by atoms with E-state index < -0.39 is 0 Å². The molecule has 0 aliphatic heterocycles. The molecule has 19 heavy (non-hydrogen) atoms. The Kier molecular flexibility index (Phi) is 2.41. The molecule has 2 aromatic heterocycles. The molecule has 0 spiro atoms. The van der Waals surface area contributed by atoms with Gasteiger partial charge in [-0.05, 0) is 6.07 Å². The van der Waals surface area contributed by atoms with Crippen LogP contribution in [-0.4, -0.2) is 39.3 Å². The summed E-state index contributed by atoms with van der Waals surface area (Å²) in [7, 11) is 4.75. The van der Waals surface area contributed by atoms with Crippen molar-refractivity contribution in [3.8, 4) is 17.2 Å². The van der Waals surface area contributed by atoms with Crippen LogP contribution in [0.5, 0.6) is 17.2 Å². The van der Waals surface area contributed by atoms with E-state index in [1.54, 1.807) is 24.0 Å². The van der Waals surface area contributed by atoms with Crippen molar-refractivity contribution in [1.82, 2.24) is 20.0 Å². The molecule has 0 unspecified atom stereocenters. The van der Waals surface area contributed by atoms with E-state index in [0.717, 1.165) is 5.39 Å². The Hall–Kier alpha value is -2.57. The van der Waals surface area contributed by atoms with Crippen molar-refractivity contribution in [2.45, 2.75) is 0 Å². The molecule has 0 fully saturated rings. The first kappa shape index (κ1) is 11.5. The molecule has 0 aliphatic carbocycles. The number of hydrogen-bond donors (Lipinski definition) is 1. The maximum Gasteiger partial charge on any atom is 0.205 e. The maximum absolute atomic E-state index is 10.2. The van der Waals surface area contributed by atoms with Crippen LogP contribution in [0.3, 0.4) is 0 Å². The number of aromatic nitrogens is 4. The van der Waals surface area contributed by atoms with Gasteiger partial charge in [0.15, 0.2) is 17.1 Å². The Labute approximate surface area is 108 Å². The van der Waals surface area contributed by atoms with Gasteiger partial charge >= 0.3 is 0 Å². The minimum absolute atomic E-state index is 0.0879. The highest BCUT2D eigenvalue weighted by molar-refractivity contribution is 6.06. The van der Waals surface area contributed by atoms with Gasteiger partial charge in [0.1, 0.15) is 5.52 Å². The van der Waals surface area contributed by atoms with Crippen LogP contribution in [-0.2, 0) is 7.05 Å². The first-order valence-electron chi connectivity index (χ1n) is 5.59. The third-order valence-corrected chi connectivity index (χ3v) is 3.06. The predicted molar refractivity (Wildman–Crippen MR) is 68.6 cm³/mol. The lowest BCUT2D eigenvalue weighted by molar-refractivity contribution is 0.335. The van der Waals surface area contributed by atoms with Gasteiger partial charge in [-0.2, -0.15) is 5.10 Å². The largest absolute Gasteiger partial charge is 0.503 e. The lowest BCUT2D eigenvalue weighted by Gasteiger charge is -2.11. The van der Waals surface area contributed by atoms with Gasteiger partial charge in [0.05, 0.1) is 25.8 Å². The number of phenols is 1. The Bertz CT molecular complexity index is 782. The lowest BCUT2D eigenvalue weighted by Crippen LogP contribution is -1.96. The topological polar surface area (TPSA) is 82.3 Å². The third-order valence-electron chi connectivity index (χ3n) is 3.06. The zero-order chi connectivity index (χ0) is 13.6. The molecule has 0 saturated carbocycles. The molecule has 0 bridgehead atoms. The second-order valence-electron chi connectivity index (χ2n) is 4.06. The lowest BCUT2D eigenvalue weighted by atomic mass is 10.1. The van der Waals surface area contributed by atoms with E-state index in [1.807, 2.05) is 0 Å². The summed E-state index contributed by atoms with van der Waals surface area (Å²) in [5.41, 5.74) is 0.997. The molecule has 1 aromatic carbocycles. The molecule has 0 radical (unpaired) electrons. The first-order chi connectivity index (χ1) is 9.17. The fourth-order valence-electron chi connectivity index (χ4n) is 2.11. The monoisotopic (exact) mass is 260 g/mol. The minimum atomic E-state index is -0.0879. The number of methoxy groups -OCH3 is 2. The van der Waals surface area contributed by atoms with Gasteiger partial charge in [0.2, 0.25) is 5.75 Å². The predicted octanol–water partition coefficient (Wildman–Crippen LogP) is 1.24. The van der Waals surface area contributed by atoms with Crippen LogP contribution in [0.25, 0.3) is 21.9 Å². The van der Waals surface area contributed by atoms with Gasteiger partial charge in [-0.15, -0.1) is 10.2 Å². The number of aromatic hydroxyl groups is 1. The van der Waals surface area contributed by atoms with E-state index in [2.05, 4.69) is 15.3 Å². The number of ether oxygens (including phenoxy) is 2. The average Bonchev–Trinajstić information content (AvgIpc) is 2.80. The Morgan fingerprint density at radius 3 is 2.63 bits per heavy atom. The van der Waals surface area contributed by atoms with Crippen LogP contribution >= 0.6 is 0 Å². The molecule has 0 aliphatic rings. The van der Waals surface area contributed by atoms with Gasteiger partial charge in [-0.3, -0.25) is 0 Å². The number of aryl methyl sites for hydroxylation is 1. The van der Waals surface area contributed by atoms with Crippen LogP contribution in [0, 0.1) is 0 Å². The molecule has 3 aromatic rings. The number of phenolic OH excluding ortho intramolecular Hbond substituents is 1. The number of rotatable bonds is 2. The second-order valence-corrected chi connectivity index (χ2v) is 4.06. The highest BCUT2D eigenvalue weighted by Gasteiger charge is 2.18. The summed E-state index contributed by atoms with van der Waals surface area (Å²) in [6.07, 6.45) is 1.68. The second kappa shape index (κ2) is 3.98. The fraction of sp³-hybridized carbons (Fsp3) is 0.250. The van der Waals surface area contributed by atoms with Crippen molar-refractivity contribution in [3.63, 3.8) is 0 Å². The summed E-state index contributed by atoms with van der Waals surface area (Å²) >= 11 is 0. The van der Waals surface area contributed by atoms with E-state index in [1.165, 1.54) is 14.2 Å². The van der Waals surface area contributed by atoms with E-state index in [0.29, 0.717) is 22.3 Å². The molecule has 3 rings (SSSR count). The summed E-state index contributed by atoms with van der Waals surface area (Å²) in [5, 5.41) is 23.9. The quantitative estimate of drug-likeness (QED) is 0.746. The summed E-state index contributed by atoms with van der Waals surface area (Å²) in [6.45, 7) is 0. The van der Waals surface area contributed by atoms with Gasteiger partial charge in [-0.25, -0.2) is 4.68 Å². The minimum Gasteiger partial charge on any atom is -0.503 e. The third kappa shape index (κ3) is 1.48. The summed E-state index contributed by atoms with van der Waals surface area (Å²) in [6, 6.07) is 1.76. The SMILES string of the molecule is COc1cc2c(nnc3c2cnn3C)c(O)c1OC. The molecule has 1 N–H and O–H groups in total. The van der Waals surface area contributed by atoms with Crippen molar-refractivity contribution in [2.24, 2.45) is 7.05 Å². The van der Waals surface area contributed by atoms with Crippen molar-refractivity contribution in [3.05, 3.63) is 12.3 Å². The van der Waals surface area contributed by atoms with Gasteiger partial charge in [0, 0.05) is 12.4 Å². The molecule has 0 amide bonds. The van der Waals surface area contributed by atoms with Crippen LogP contribution < -0.4 is 9.47 Å². The van der Waals surface area contributed by atoms with Crippen molar-refractivity contribution >= 4 is 21.9 Å². The van der Waals surface area contributed by atoms with Gasteiger partial charge < -0.3 is 14.6 Å². The molecule has 98 valence electrons. The van der Waals surface area contributed by atoms with E-state index >= 15 is 0 Å². The van der Waals surface area contributed by atoms with Crippen LogP contribution in [0.15, 0.2) is 12.3 Å². The molecule has 2 heterocycles. The molecule has 0 saturated heterocycles. The average molecular weight is 260 g/mol. The zero-order valence-corrected chi connectivity index (χ0v) is 10.7. The van der Waals surface area contributed by atoms with Crippen molar-refractivity contribution in [2.75, 3.05) is 14.2 Å².